The molecule has 0 saturated heterocycles. The molecule has 1 aromatic carbocycles. The minimum Gasteiger partial charge on any atom is -0.493 e. The predicted molar refractivity (Wildman–Crippen MR) is 95.7 cm³/mol. The Kier molecular flexibility index (Phi) is 4.17. The predicted octanol–water partition coefficient (Wildman–Crippen LogP) is 4.30. The van der Waals surface area contributed by atoms with Crippen LogP contribution in [0.15, 0.2) is 42.7 Å². The first kappa shape index (κ1) is 15.5. The number of aromatic nitrogens is 2. The molecular weight excluding hydrogens is 322 g/mol. The second-order valence-electron chi connectivity index (χ2n) is 6.29. The summed E-state index contributed by atoms with van der Waals surface area (Å²) in [5.41, 5.74) is 4.55. The molecule has 1 N–H and O–H groups in total. The Balaban J connectivity index is 1.58. The van der Waals surface area contributed by atoms with Gasteiger partial charge in [0.2, 0.25) is 0 Å². The van der Waals surface area contributed by atoms with Crippen molar-refractivity contribution in [1.82, 2.24) is 14.7 Å². The molecule has 0 radical (unpaired) electrons. The molecule has 1 atom stereocenters. The highest BCUT2D eigenvalue weighted by Crippen LogP contribution is 2.33. The minimum atomic E-state index is 0.259. The first-order valence-electron chi connectivity index (χ1n) is 8.29. The molecule has 4 nitrogen and oxygen atoms in total. The normalized spacial score (nSPS) is 17.3. The number of imidazole rings is 1. The molecule has 4 rings (SSSR count). The molecule has 1 aliphatic rings. The lowest BCUT2D eigenvalue weighted by Gasteiger charge is -2.18. The summed E-state index contributed by atoms with van der Waals surface area (Å²) in [6.07, 6.45) is 6.14. The van der Waals surface area contributed by atoms with Gasteiger partial charge in [0.1, 0.15) is 11.4 Å². The van der Waals surface area contributed by atoms with E-state index in [4.69, 9.17) is 16.3 Å². The molecule has 3 heterocycles. The Morgan fingerprint density at radius 3 is 3.17 bits per heavy atom. The number of nitrogens with zero attached hydrogens (tertiary/aromatic N) is 2. The summed E-state index contributed by atoms with van der Waals surface area (Å²) >= 11 is 6.10. The monoisotopic (exact) mass is 341 g/mol. The number of fused-ring (bicyclic) bond motifs is 2. The highest BCUT2D eigenvalue weighted by molar-refractivity contribution is 6.30. The van der Waals surface area contributed by atoms with E-state index >= 15 is 0 Å². The third-order valence-electron chi connectivity index (χ3n) is 4.51. The van der Waals surface area contributed by atoms with Gasteiger partial charge in [-0.15, -0.1) is 0 Å². The first-order chi connectivity index (χ1) is 11.7. The van der Waals surface area contributed by atoms with Crippen LogP contribution >= 0.6 is 11.6 Å². The molecule has 5 heteroatoms. The lowest BCUT2D eigenvalue weighted by atomic mass is 10.0. The van der Waals surface area contributed by atoms with Gasteiger partial charge in [-0.2, -0.15) is 0 Å². The Hall–Kier alpha value is -2.04. The van der Waals surface area contributed by atoms with Crippen molar-refractivity contribution in [2.45, 2.75) is 32.4 Å². The molecule has 1 aliphatic heterocycles. The van der Waals surface area contributed by atoms with E-state index in [9.17, 15) is 0 Å². The molecule has 1 unspecified atom stereocenters. The van der Waals surface area contributed by atoms with E-state index in [1.807, 2.05) is 18.3 Å². The summed E-state index contributed by atoms with van der Waals surface area (Å²) in [5, 5.41) is 4.38. The van der Waals surface area contributed by atoms with Gasteiger partial charge in [-0.25, -0.2) is 4.98 Å². The van der Waals surface area contributed by atoms with Crippen LogP contribution in [-0.4, -0.2) is 16.0 Å². The van der Waals surface area contributed by atoms with E-state index in [0.717, 1.165) is 43.1 Å². The fourth-order valence-electron chi connectivity index (χ4n) is 3.25. The number of halogens is 1. The zero-order valence-corrected chi connectivity index (χ0v) is 14.4. The van der Waals surface area contributed by atoms with Crippen LogP contribution in [0.4, 0.5) is 0 Å². The van der Waals surface area contributed by atoms with Gasteiger partial charge in [-0.3, -0.25) is 0 Å². The Morgan fingerprint density at radius 1 is 1.33 bits per heavy atom. The van der Waals surface area contributed by atoms with Crippen molar-refractivity contribution >= 4 is 17.2 Å². The quantitative estimate of drug-likeness (QED) is 0.772. The number of nitrogens with one attached hydrogen (secondary N) is 1. The number of aryl methyl sites for hydroxylation is 1. The molecule has 3 aromatic rings. The zero-order chi connectivity index (χ0) is 16.5. The first-order valence-corrected chi connectivity index (χ1v) is 8.67. The van der Waals surface area contributed by atoms with E-state index in [0.29, 0.717) is 5.02 Å². The lowest BCUT2D eigenvalue weighted by molar-refractivity contribution is 0.315. The molecule has 0 bridgehead atoms. The third kappa shape index (κ3) is 2.99. The lowest BCUT2D eigenvalue weighted by Crippen LogP contribution is -2.21. The molecular formula is C19H20ClN3O. The topological polar surface area (TPSA) is 38.6 Å². The maximum Gasteiger partial charge on any atom is 0.136 e. The summed E-state index contributed by atoms with van der Waals surface area (Å²) in [6, 6.07) is 10.3. The highest BCUT2D eigenvalue weighted by Gasteiger charge is 2.20. The number of benzene rings is 1. The highest BCUT2D eigenvalue weighted by atomic mass is 35.5. The average Bonchev–Trinajstić information content (AvgIpc) is 2.85. The van der Waals surface area contributed by atoms with Crippen LogP contribution in [0.3, 0.4) is 0 Å². The largest absolute Gasteiger partial charge is 0.493 e. The maximum absolute atomic E-state index is 6.10. The van der Waals surface area contributed by atoms with Crippen molar-refractivity contribution in [1.29, 1.82) is 0 Å². The van der Waals surface area contributed by atoms with E-state index in [1.54, 1.807) is 0 Å². The van der Waals surface area contributed by atoms with Crippen LogP contribution in [0.5, 0.6) is 5.75 Å². The second kappa shape index (κ2) is 6.46. The van der Waals surface area contributed by atoms with Crippen molar-refractivity contribution in [2.75, 3.05) is 6.61 Å². The van der Waals surface area contributed by atoms with E-state index in [2.05, 4.69) is 46.0 Å². The molecule has 0 spiro atoms. The molecule has 24 heavy (non-hydrogen) atoms. The van der Waals surface area contributed by atoms with Gasteiger partial charge in [-0.1, -0.05) is 23.7 Å². The number of rotatable bonds is 3. The molecule has 0 amide bonds. The standard InChI is InChI=1S/C19H20ClN3O/c1-13-4-7-19-22-11-15(23(19)12-13)10-21-17-3-2-8-24-18-9-14(20)5-6-16(17)18/h4-7,9,11-12,17,21H,2-3,8,10H2,1H3. The van der Waals surface area contributed by atoms with Crippen molar-refractivity contribution in [3.05, 3.63) is 64.6 Å². The number of ether oxygens (including phenoxy) is 1. The fraction of sp³-hybridized carbons (Fsp3) is 0.316. The van der Waals surface area contributed by atoms with Crippen molar-refractivity contribution in [3.63, 3.8) is 0 Å². The maximum atomic E-state index is 6.10. The summed E-state index contributed by atoms with van der Waals surface area (Å²) in [4.78, 5) is 4.48. The van der Waals surface area contributed by atoms with Crippen LogP contribution in [0.1, 0.15) is 35.7 Å². The van der Waals surface area contributed by atoms with Gasteiger partial charge >= 0.3 is 0 Å². The average molecular weight is 342 g/mol. The number of pyridine rings is 1. The van der Waals surface area contributed by atoms with Gasteiger partial charge < -0.3 is 14.5 Å². The molecule has 0 fully saturated rings. The second-order valence-corrected chi connectivity index (χ2v) is 6.73. The van der Waals surface area contributed by atoms with Gasteiger partial charge in [0.05, 0.1) is 18.5 Å². The molecule has 124 valence electrons. The number of hydrogen-bond donors (Lipinski definition) is 1. The molecule has 0 saturated carbocycles. The SMILES string of the molecule is Cc1ccc2ncc(CNC3CCCOc4cc(Cl)ccc43)n2c1. The van der Waals surface area contributed by atoms with Crippen molar-refractivity contribution < 1.29 is 4.74 Å². The van der Waals surface area contributed by atoms with E-state index in [1.165, 1.54) is 11.1 Å². The van der Waals surface area contributed by atoms with Gasteiger partial charge in [0.15, 0.2) is 0 Å². The fourth-order valence-corrected chi connectivity index (χ4v) is 3.42. The molecule has 0 aliphatic carbocycles. The van der Waals surface area contributed by atoms with Crippen molar-refractivity contribution in [2.24, 2.45) is 0 Å². The van der Waals surface area contributed by atoms with Gasteiger partial charge in [0, 0.05) is 29.4 Å². The van der Waals surface area contributed by atoms with Crippen LogP contribution < -0.4 is 10.1 Å². The zero-order valence-electron chi connectivity index (χ0n) is 13.6. The van der Waals surface area contributed by atoms with Gasteiger partial charge in [0.25, 0.3) is 0 Å². The van der Waals surface area contributed by atoms with Crippen LogP contribution in [0, 0.1) is 6.92 Å². The Labute approximate surface area is 146 Å². The molecule has 2 aromatic heterocycles. The van der Waals surface area contributed by atoms with Crippen LogP contribution in [-0.2, 0) is 6.54 Å². The smallest absolute Gasteiger partial charge is 0.136 e. The van der Waals surface area contributed by atoms with Crippen LogP contribution in [0.2, 0.25) is 5.02 Å². The van der Waals surface area contributed by atoms with Crippen LogP contribution in [0.25, 0.3) is 5.65 Å². The number of hydrogen-bond acceptors (Lipinski definition) is 3. The summed E-state index contributed by atoms with van der Waals surface area (Å²) in [6.45, 7) is 3.59. The third-order valence-corrected chi connectivity index (χ3v) is 4.74. The summed E-state index contributed by atoms with van der Waals surface area (Å²) in [7, 11) is 0. The van der Waals surface area contributed by atoms with E-state index in [-0.39, 0.29) is 6.04 Å². The summed E-state index contributed by atoms with van der Waals surface area (Å²) < 4.78 is 7.99. The summed E-state index contributed by atoms with van der Waals surface area (Å²) in [5.74, 6) is 0.895. The minimum absolute atomic E-state index is 0.259. The Bertz CT molecular complexity index is 874. The van der Waals surface area contributed by atoms with E-state index < -0.39 is 0 Å². The van der Waals surface area contributed by atoms with Crippen molar-refractivity contribution in [3.8, 4) is 5.75 Å². The Morgan fingerprint density at radius 2 is 2.25 bits per heavy atom. The van der Waals surface area contributed by atoms with Gasteiger partial charge in [-0.05, 0) is 43.5 Å².